The van der Waals surface area contributed by atoms with Gasteiger partial charge in [0.25, 0.3) is 0 Å². The third kappa shape index (κ3) is 3.18. The Bertz CT molecular complexity index is 976. The van der Waals surface area contributed by atoms with Crippen LogP contribution in [-0.2, 0) is 0 Å². The minimum absolute atomic E-state index is 0.0882. The fourth-order valence-corrected chi connectivity index (χ4v) is 4.14. The topological polar surface area (TPSA) is 111 Å². The third-order valence-corrected chi connectivity index (χ3v) is 5.48. The maximum atomic E-state index is 10.4. The van der Waals surface area contributed by atoms with Gasteiger partial charge in [0, 0.05) is 29.8 Å². The summed E-state index contributed by atoms with van der Waals surface area (Å²) in [4.78, 5) is 0. The summed E-state index contributed by atoms with van der Waals surface area (Å²) in [7, 11) is 0. The number of ether oxygens (including phenoxy) is 1. The highest BCUT2D eigenvalue weighted by Crippen LogP contribution is 2.31. The highest BCUT2D eigenvalue weighted by atomic mass is 16.5. The Morgan fingerprint density at radius 1 is 1.07 bits per heavy atom. The van der Waals surface area contributed by atoms with Gasteiger partial charge in [0.15, 0.2) is 5.82 Å². The van der Waals surface area contributed by atoms with Crippen molar-refractivity contribution < 1.29 is 9.84 Å². The van der Waals surface area contributed by atoms with E-state index in [1.807, 2.05) is 18.2 Å². The van der Waals surface area contributed by atoms with E-state index in [1.54, 1.807) is 23.7 Å². The molecule has 28 heavy (non-hydrogen) atoms. The van der Waals surface area contributed by atoms with E-state index in [4.69, 9.17) is 4.74 Å². The Morgan fingerprint density at radius 2 is 1.89 bits per heavy atom. The predicted octanol–water partition coefficient (Wildman–Crippen LogP) is 1.80. The van der Waals surface area contributed by atoms with E-state index in [1.165, 1.54) is 12.8 Å². The SMILES string of the molecule is Cc1nnnn1-c1ccc(-c2ccc(OC3C[C@H]4CC[C@@H](C3)N4)nn2)c(O)c1. The van der Waals surface area contributed by atoms with Gasteiger partial charge in [-0.25, -0.2) is 0 Å². The zero-order valence-electron chi connectivity index (χ0n) is 15.5. The molecule has 0 aliphatic carbocycles. The number of fused-ring (bicyclic) bond motifs is 2. The van der Waals surface area contributed by atoms with Gasteiger partial charge in [-0.2, -0.15) is 4.68 Å². The summed E-state index contributed by atoms with van der Waals surface area (Å²) < 4.78 is 7.59. The number of aromatic nitrogens is 6. The number of rotatable bonds is 4. The minimum atomic E-state index is 0.0882. The summed E-state index contributed by atoms with van der Waals surface area (Å²) in [5.74, 6) is 1.25. The van der Waals surface area contributed by atoms with E-state index >= 15 is 0 Å². The van der Waals surface area contributed by atoms with E-state index in [0.29, 0.717) is 40.7 Å². The first-order valence-electron chi connectivity index (χ1n) is 9.51. The average Bonchev–Trinajstić information content (AvgIpc) is 3.27. The second kappa shape index (κ2) is 6.83. The molecular formula is C19H21N7O2. The Labute approximate surface area is 161 Å². The first-order valence-corrected chi connectivity index (χ1v) is 9.51. The number of benzene rings is 1. The van der Waals surface area contributed by atoms with Crippen molar-refractivity contribution in [1.82, 2.24) is 35.7 Å². The van der Waals surface area contributed by atoms with Crippen molar-refractivity contribution in [3.8, 4) is 28.6 Å². The van der Waals surface area contributed by atoms with Gasteiger partial charge in [-0.05, 0) is 61.2 Å². The summed E-state index contributed by atoms with van der Waals surface area (Å²) in [6, 6.07) is 9.97. The number of nitrogens with zero attached hydrogens (tertiary/aromatic N) is 6. The molecule has 2 fully saturated rings. The van der Waals surface area contributed by atoms with Crippen molar-refractivity contribution >= 4 is 0 Å². The summed E-state index contributed by atoms with van der Waals surface area (Å²) in [5, 5.41) is 33.9. The molecule has 9 nitrogen and oxygen atoms in total. The molecule has 3 atom stereocenters. The van der Waals surface area contributed by atoms with Crippen LogP contribution in [0, 0.1) is 6.92 Å². The molecule has 4 heterocycles. The zero-order chi connectivity index (χ0) is 19.1. The second-order valence-electron chi connectivity index (χ2n) is 7.45. The summed E-state index contributed by atoms with van der Waals surface area (Å²) >= 11 is 0. The lowest BCUT2D eigenvalue weighted by Crippen LogP contribution is -2.42. The first kappa shape index (κ1) is 17.1. The Balaban J connectivity index is 1.32. The van der Waals surface area contributed by atoms with Gasteiger partial charge in [-0.15, -0.1) is 15.3 Å². The maximum absolute atomic E-state index is 10.4. The Hall–Kier alpha value is -3.07. The highest BCUT2D eigenvalue weighted by molar-refractivity contribution is 5.68. The molecule has 2 aromatic heterocycles. The van der Waals surface area contributed by atoms with E-state index in [-0.39, 0.29) is 11.9 Å². The molecule has 0 saturated carbocycles. The molecule has 2 saturated heterocycles. The van der Waals surface area contributed by atoms with Crippen LogP contribution in [-0.4, -0.2) is 53.7 Å². The number of phenols is 1. The molecule has 0 amide bonds. The number of tetrazole rings is 1. The molecule has 9 heteroatoms. The Morgan fingerprint density at radius 3 is 2.54 bits per heavy atom. The van der Waals surface area contributed by atoms with Gasteiger partial charge in [0.05, 0.1) is 11.4 Å². The minimum Gasteiger partial charge on any atom is -0.507 e. The first-order chi connectivity index (χ1) is 13.7. The van der Waals surface area contributed by atoms with Crippen molar-refractivity contribution in [2.24, 2.45) is 0 Å². The summed E-state index contributed by atoms with van der Waals surface area (Å²) in [6.45, 7) is 1.79. The van der Waals surface area contributed by atoms with Crippen LogP contribution in [0.5, 0.6) is 11.6 Å². The average molecular weight is 379 g/mol. The number of phenolic OH excluding ortho intramolecular Hbond substituents is 1. The molecule has 5 rings (SSSR count). The van der Waals surface area contributed by atoms with Crippen LogP contribution in [0.4, 0.5) is 0 Å². The number of aromatic hydroxyl groups is 1. The van der Waals surface area contributed by atoms with Crippen molar-refractivity contribution in [2.45, 2.75) is 50.8 Å². The molecule has 3 aromatic rings. The van der Waals surface area contributed by atoms with Crippen LogP contribution in [0.15, 0.2) is 30.3 Å². The molecule has 2 bridgehead atoms. The van der Waals surface area contributed by atoms with Crippen LogP contribution in [0.25, 0.3) is 16.9 Å². The molecule has 2 N–H and O–H groups in total. The van der Waals surface area contributed by atoms with Gasteiger partial charge < -0.3 is 15.2 Å². The number of aryl methyl sites for hydroxylation is 1. The number of piperidine rings is 1. The molecule has 144 valence electrons. The molecule has 2 aliphatic heterocycles. The lowest BCUT2D eigenvalue weighted by atomic mass is 10.0. The van der Waals surface area contributed by atoms with E-state index < -0.39 is 0 Å². The highest BCUT2D eigenvalue weighted by Gasteiger charge is 2.34. The van der Waals surface area contributed by atoms with Gasteiger partial charge in [-0.1, -0.05) is 0 Å². The molecule has 0 spiro atoms. The van der Waals surface area contributed by atoms with Gasteiger partial charge in [-0.3, -0.25) is 0 Å². The van der Waals surface area contributed by atoms with Crippen molar-refractivity contribution in [3.63, 3.8) is 0 Å². The predicted molar refractivity (Wildman–Crippen MR) is 100 cm³/mol. The van der Waals surface area contributed by atoms with Crippen LogP contribution in [0.2, 0.25) is 0 Å². The normalized spacial score (nSPS) is 23.7. The van der Waals surface area contributed by atoms with Crippen molar-refractivity contribution in [3.05, 3.63) is 36.2 Å². The zero-order valence-corrected chi connectivity index (χ0v) is 15.5. The number of hydrogen-bond acceptors (Lipinski definition) is 8. The molecule has 0 radical (unpaired) electrons. The van der Waals surface area contributed by atoms with E-state index in [0.717, 1.165) is 12.8 Å². The molecule has 2 aliphatic rings. The monoisotopic (exact) mass is 379 g/mol. The molecular weight excluding hydrogens is 358 g/mol. The number of nitrogens with one attached hydrogen (secondary N) is 1. The lowest BCUT2D eigenvalue weighted by Gasteiger charge is -2.28. The van der Waals surface area contributed by atoms with Crippen molar-refractivity contribution in [1.29, 1.82) is 0 Å². The third-order valence-electron chi connectivity index (χ3n) is 5.48. The summed E-state index contributed by atoms with van der Waals surface area (Å²) in [5.41, 5.74) is 1.85. The van der Waals surface area contributed by atoms with Crippen LogP contribution < -0.4 is 10.1 Å². The van der Waals surface area contributed by atoms with Gasteiger partial charge >= 0.3 is 0 Å². The van der Waals surface area contributed by atoms with Crippen LogP contribution in [0.3, 0.4) is 0 Å². The van der Waals surface area contributed by atoms with E-state index in [9.17, 15) is 5.11 Å². The largest absolute Gasteiger partial charge is 0.507 e. The fraction of sp³-hybridized carbons (Fsp3) is 0.421. The molecule has 1 aromatic carbocycles. The maximum Gasteiger partial charge on any atom is 0.233 e. The van der Waals surface area contributed by atoms with Crippen molar-refractivity contribution in [2.75, 3.05) is 0 Å². The van der Waals surface area contributed by atoms with Crippen LogP contribution in [0.1, 0.15) is 31.5 Å². The molecule has 1 unspecified atom stereocenters. The quantitative estimate of drug-likeness (QED) is 0.706. The summed E-state index contributed by atoms with van der Waals surface area (Å²) in [6.07, 6.45) is 4.67. The van der Waals surface area contributed by atoms with Gasteiger partial charge in [0.1, 0.15) is 11.9 Å². The fourth-order valence-electron chi connectivity index (χ4n) is 4.14. The smallest absolute Gasteiger partial charge is 0.233 e. The van der Waals surface area contributed by atoms with Crippen LogP contribution >= 0.6 is 0 Å². The standard InChI is InChI=1S/C19H21N7O2/c1-11-21-24-25-26(11)14-4-5-16(18(27)10-14)17-6-7-19(23-22-17)28-15-8-12-2-3-13(9-15)20-12/h4-7,10,12-13,15,20,27H,2-3,8-9H2,1H3/t12-,13+,15?. The van der Waals surface area contributed by atoms with Gasteiger partial charge in [0.2, 0.25) is 5.88 Å². The Kier molecular flexibility index (Phi) is 4.16. The van der Waals surface area contributed by atoms with E-state index in [2.05, 4.69) is 31.0 Å². The second-order valence-corrected chi connectivity index (χ2v) is 7.45. The number of hydrogen-bond donors (Lipinski definition) is 2. The lowest BCUT2D eigenvalue weighted by molar-refractivity contribution is 0.130.